The van der Waals surface area contributed by atoms with E-state index in [2.05, 4.69) is 52.7 Å². The quantitative estimate of drug-likeness (QED) is 0.644. The Morgan fingerprint density at radius 2 is 2.00 bits per heavy atom. The molecular formula is C18H26S. The minimum Gasteiger partial charge on any atom is -0.154 e. The fourth-order valence-corrected chi connectivity index (χ4v) is 3.06. The van der Waals surface area contributed by atoms with Gasteiger partial charge in [0.15, 0.2) is 0 Å². The van der Waals surface area contributed by atoms with E-state index in [1.54, 1.807) is 5.56 Å². The summed E-state index contributed by atoms with van der Waals surface area (Å²) < 4.78 is 0.189. The molecule has 0 N–H and O–H groups in total. The summed E-state index contributed by atoms with van der Waals surface area (Å²) in [7, 11) is 0. The summed E-state index contributed by atoms with van der Waals surface area (Å²) in [5, 5.41) is 0. The van der Waals surface area contributed by atoms with E-state index < -0.39 is 0 Å². The van der Waals surface area contributed by atoms with Crippen molar-refractivity contribution in [1.82, 2.24) is 0 Å². The van der Waals surface area contributed by atoms with Gasteiger partial charge in [-0.05, 0) is 86.1 Å². The average Bonchev–Trinajstić information content (AvgIpc) is 3.21. The van der Waals surface area contributed by atoms with Gasteiger partial charge in [-0.15, -0.1) is 0 Å². The highest BCUT2D eigenvalue weighted by Crippen LogP contribution is 2.48. The average molecular weight is 274 g/mol. The van der Waals surface area contributed by atoms with Crippen LogP contribution in [0.1, 0.15) is 68.2 Å². The van der Waals surface area contributed by atoms with Gasteiger partial charge in [0.1, 0.15) is 0 Å². The van der Waals surface area contributed by atoms with Gasteiger partial charge in [0.05, 0.1) is 0 Å². The van der Waals surface area contributed by atoms with Crippen LogP contribution in [-0.4, -0.2) is 6.26 Å². The molecule has 0 unspecified atom stereocenters. The van der Waals surface area contributed by atoms with E-state index in [0.717, 1.165) is 12.3 Å². The molecule has 0 aliphatic heterocycles. The minimum absolute atomic E-state index is 0.189. The van der Waals surface area contributed by atoms with Crippen molar-refractivity contribution in [2.24, 2.45) is 0 Å². The van der Waals surface area contributed by atoms with E-state index in [0.29, 0.717) is 0 Å². The Morgan fingerprint density at radius 1 is 1.37 bits per heavy atom. The lowest BCUT2D eigenvalue weighted by Crippen LogP contribution is -2.15. The summed E-state index contributed by atoms with van der Waals surface area (Å²) in [6.45, 7) is 13.3. The van der Waals surface area contributed by atoms with Gasteiger partial charge in [-0.2, -0.15) is 11.8 Å². The lowest BCUT2D eigenvalue weighted by Gasteiger charge is -2.28. The van der Waals surface area contributed by atoms with E-state index in [1.807, 2.05) is 11.8 Å². The van der Waals surface area contributed by atoms with Crippen molar-refractivity contribution in [3.63, 3.8) is 0 Å². The fraction of sp³-hybridized carbons (Fsp3) is 0.556. The van der Waals surface area contributed by atoms with Crippen molar-refractivity contribution in [2.45, 2.75) is 57.6 Å². The van der Waals surface area contributed by atoms with Gasteiger partial charge in [0.25, 0.3) is 0 Å². The number of benzene rings is 1. The normalized spacial score (nSPS) is 15.6. The molecular weight excluding hydrogens is 248 g/mol. The zero-order valence-corrected chi connectivity index (χ0v) is 13.8. The topological polar surface area (TPSA) is 0 Å². The van der Waals surface area contributed by atoms with Crippen molar-refractivity contribution >= 4 is 17.3 Å². The SMILES string of the molecule is C=C(CC)c1cc(C(C)(C)SC)c(C2CC2)cc1C. The van der Waals surface area contributed by atoms with Gasteiger partial charge in [0, 0.05) is 4.75 Å². The molecule has 0 nitrogen and oxygen atoms in total. The summed E-state index contributed by atoms with van der Waals surface area (Å²) in [5.41, 5.74) is 7.14. The van der Waals surface area contributed by atoms with Crippen LogP contribution in [0.2, 0.25) is 0 Å². The summed E-state index contributed by atoms with van der Waals surface area (Å²) in [6, 6.07) is 4.85. The van der Waals surface area contributed by atoms with Gasteiger partial charge in [-0.3, -0.25) is 0 Å². The highest BCUT2D eigenvalue weighted by Gasteiger charge is 2.32. The first kappa shape index (κ1) is 14.7. The molecule has 1 heteroatoms. The van der Waals surface area contributed by atoms with Crippen LogP contribution in [0.4, 0.5) is 0 Å². The Morgan fingerprint density at radius 3 is 2.47 bits per heavy atom. The number of hydrogen-bond donors (Lipinski definition) is 0. The second-order valence-corrected chi connectivity index (χ2v) is 7.63. The highest BCUT2D eigenvalue weighted by atomic mass is 32.2. The van der Waals surface area contributed by atoms with Gasteiger partial charge >= 0.3 is 0 Å². The van der Waals surface area contributed by atoms with Gasteiger partial charge in [0.2, 0.25) is 0 Å². The monoisotopic (exact) mass is 274 g/mol. The van der Waals surface area contributed by atoms with Crippen LogP contribution in [0, 0.1) is 6.92 Å². The van der Waals surface area contributed by atoms with E-state index in [1.165, 1.54) is 35.1 Å². The molecule has 1 fully saturated rings. The Kier molecular flexibility index (Phi) is 4.15. The molecule has 19 heavy (non-hydrogen) atoms. The molecule has 1 aliphatic rings. The Labute approximate surface area is 122 Å². The van der Waals surface area contributed by atoms with Crippen molar-refractivity contribution in [3.8, 4) is 0 Å². The molecule has 0 bridgehead atoms. The summed E-state index contributed by atoms with van der Waals surface area (Å²) in [6.07, 6.45) is 5.98. The summed E-state index contributed by atoms with van der Waals surface area (Å²) in [4.78, 5) is 0. The Balaban J connectivity index is 2.57. The molecule has 1 aromatic rings. The zero-order chi connectivity index (χ0) is 14.2. The third-order valence-electron chi connectivity index (χ3n) is 4.38. The standard InChI is InChI=1S/C18H26S/c1-7-12(2)15-11-17(18(4,5)19-6)16(10-13(15)3)14-8-9-14/h10-11,14H,2,7-9H2,1,3-6H3. The van der Waals surface area contributed by atoms with Crippen LogP contribution >= 0.6 is 11.8 Å². The molecule has 0 heterocycles. The maximum absolute atomic E-state index is 4.24. The second kappa shape index (κ2) is 5.36. The third kappa shape index (κ3) is 2.91. The lowest BCUT2D eigenvalue weighted by molar-refractivity contribution is 0.766. The summed E-state index contributed by atoms with van der Waals surface area (Å²) >= 11 is 1.94. The first-order valence-electron chi connectivity index (χ1n) is 7.29. The number of rotatable bonds is 5. The predicted molar refractivity (Wildman–Crippen MR) is 89.0 cm³/mol. The Hall–Kier alpha value is -0.690. The molecule has 0 saturated heterocycles. The van der Waals surface area contributed by atoms with Crippen LogP contribution in [0.3, 0.4) is 0 Å². The molecule has 0 radical (unpaired) electrons. The van der Waals surface area contributed by atoms with Crippen LogP contribution in [-0.2, 0) is 4.75 Å². The van der Waals surface area contributed by atoms with E-state index in [-0.39, 0.29) is 4.75 Å². The fourth-order valence-electron chi connectivity index (χ4n) is 2.67. The number of aryl methyl sites for hydroxylation is 1. The number of hydrogen-bond acceptors (Lipinski definition) is 1. The maximum Gasteiger partial charge on any atom is 0.0352 e. The van der Waals surface area contributed by atoms with Gasteiger partial charge in [-0.25, -0.2) is 0 Å². The molecule has 1 aliphatic carbocycles. The lowest BCUT2D eigenvalue weighted by atomic mass is 9.87. The molecule has 1 aromatic carbocycles. The highest BCUT2D eigenvalue weighted by molar-refractivity contribution is 7.99. The van der Waals surface area contributed by atoms with Gasteiger partial charge in [-0.1, -0.05) is 19.6 Å². The van der Waals surface area contributed by atoms with Crippen LogP contribution in [0.5, 0.6) is 0 Å². The van der Waals surface area contributed by atoms with Crippen LogP contribution in [0.25, 0.3) is 5.57 Å². The molecule has 0 aromatic heterocycles. The zero-order valence-electron chi connectivity index (χ0n) is 13.0. The first-order chi connectivity index (χ1) is 8.90. The second-order valence-electron chi connectivity index (χ2n) is 6.20. The molecule has 0 amide bonds. The van der Waals surface area contributed by atoms with E-state index >= 15 is 0 Å². The molecule has 1 saturated carbocycles. The van der Waals surface area contributed by atoms with E-state index in [9.17, 15) is 0 Å². The largest absolute Gasteiger partial charge is 0.154 e. The van der Waals surface area contributed by atoms with Crippen LogP contribution < -0.4 is 0 Å². The molecule has 0 atom stereocenters. The van der Waals surface area contributed by atoms with E-state index in [4.69, 9.17) is 0 Å². The summed E-state index contributed by atoms with van der Waals surface area (Å²) in [5.74, 6) is 0.809. The predicted octanol–water partition coefficient (Wildman–Crippen LogP) is 5.89. The molecule has 0 spiro atoms. The minimum atomic E-state index is 0.189. The van der Waals surface area contributed by atoms with Crippen molar-refractivity contribution in [2.75, 3.05) is 6.26 Å². The van der Waals surface area contributed by atoms with Crippen molar-refractivity contribution in [3.05, 3.63) is 41.0 Å². The molecule has 104 valence electrons. The maximum atomic E-state index is 4.24. The smallest absolute Gasteiger partial charge is 0.0352 e. The number of allylic oxidation sites excluding steroid dienone is 1. The Bertz CT molecular complexity index is 493. The van der Waals surface area contributed by atoms with Crippen molar-refractivity contribution in [1.29, 1.82) is 0 Å². The van der Waals surface area contributed by atoms with Gasteiger partial charge < -0.3 is 0 Å². The number of thioether (sulfide) groups is 1. The third-order valence-corrected chi connectivity index (χ3v) is 5.62. The first-order valence-corrected chi connectivity index (χ1v) is 8.51. The van der Waals surface area contributed by atoms with Crippen molar-refractivity contribution < 1.29 is 0 Å². The van der Waals surface area contributed by atoms with Crippen LogP contribution in [0.15, 0.2) is 18.7 Å². The molecule has 2 rings (SSSR count).